The van der Waals surface area contributed by atoms with Gasteiger partial charge >= 0.3 is 0 Å². The summed E-state index contributed by atoms with van der Waals surface area (Å²) in [7, 11) is 1.95. The molecule has 1 saturated carbocycles. The van der Waals surface area contributed by atoms with Gasteiger partial charge in [-0.15, -0.1) is 0 Å². The molecule has 1 aliphatic rings. The Morgan fingerprint density at radius 3 is 2.83 bits per heavy atom. The summed E-state index contributed by atoms with van der Waals surface area (Å²) in [5.74, 6) is 1.22. The molecule has 0 bridgehead atoms. The minimum Gasteiger partial charge on any atom is -0.342 e. The summed E-state index contributed by atoms with van der Waals surface area (Å²) in [6, 6.07) is 7.32. The first-order chi connectivity index (χ1) is 11.7. The molecule has 1 aromatic carbocycles. The highest BCUT2D eigenvalue weighted by Crippen LogP contribution is 2.40. The van der Waals surface area contributed by atoms with Crippen molar-refractivity contribution in [1.29, 1.82) is 0 Å². The minimum atomic E-state index is -0.124. The van der Waals surface area contributed by atoms with Crippen LogP contribution in [-0.2, 0) is 7.05 Å². The molecule has 4 rings (SSSR count). The van der Waals surface area contributed by atoms with Crippen LogP contribution in [0.15, 0.2) is 49.3 Å². The normalized spacial score (nSPS) is 15.2. The number of hydrogen-bond acceptors (Lipinski definition) is 4. The Bertz CT molecular complexity index is 850. The predicted molar refractivity (Wildman–Crippen MR) is 87.5 cm³/mol. The summed E-state index contributed by atoms with van der Waals surface area (Å²) in [5, 5.41) is 7.29. The monoisotopic (exact) mass is 322 g/mol. The molecule has 2 heterocycles. The zero-order chi connectivity index (χ0) is 16.5. The van der Waals surface area contributed by atoms with E-state index in [1.54, 1.807) is 23.3 Å². The molecule has 122 valence electrons. The zero-order valence-corrected chi connectivity index (χ0v) is 13.3. The van der Waals surface area contributed by atoms with E-state index in [9.17, 15) is 4.79 Å². The molecule has 7 nitrogen and oxygen atoms in total. The SMILES string of the molecule is Cn1ccnc1C(NC(=O)c1ccccc1-n1cncn1)C1CC1. The van der Waals surface area contributed by atoms with E-state index in [4.69, 9.17) is 0 Å². The first-order valence-corrected chi connectivity index (χ1v) is 7.96. The van der Waals surface area contributed by atoms with Crippen molar-refractivity contribution in [2.45, 2.75) is 18.9 Å². The number of carbonyl (C=O) groups is 1. The van der Waals surface area contributed by atoms with Crippen LogP contribution in [-0.4, -0.2) is 30.2 Å². The van der Waals surface area contributed by atoms with E-state index in [0.29, 0.717) is 17.2 Å². The standard InChI is InChI=1S/C17H18N6O/c1-22-9-8-19-16(22)15(12-6-7-12)21-17(24)13-4-2-3-5-14(13)23-11-18-10-20-23/h2-5,8-12,15H,6-7H2,1H3,(H,21,24). The van der Waals surface area contributed by atoms with E-state index in [1.165, 1.54) is 6.33 Å². The number of benzene rings is 1. The van der Waals surface area contributed by atoms with Crippen LogP contribution >= 0.6 is 0 Å². The maximum absolute atomic E-state index is 12.9. The van der Waals surface area contributed by atoms with Gasteiger partial charge in [-0.25, -0.2) is 14.6 Å². The Kier molecular flexibility index (Phi) is 3.60. The Labute approximate surface area is 139 Å². The Hall–Kier alpha value is -2.96. The topological polar surface area (TPSA) is 77.6 Å². The quantitative estimate of drug-likeness (QED) is 0.778. The maximum Gasteiger partial charge on any atom is 0.254 e. The third kappa shape index (κ3) is 2.68. The number of rotatable bonds is 5. The average molecular weight is 322 g/mol. The van der Waals surface area contributed by atoms with Crippen LogP contribution in [0.25, 0.3) is 5.69 Å². The highest BCUT2D eigenvalue weighted by Gasteiger charge is 2.36. The van der Waals surface area contributed by atoms with Crippen LogP contribution in [0.1, 0.15) is 35.1 Å². The van der Waals surface area contributed by atoms with E-state index < -0.39 is 0 Å². The number of aromatic nitrogens is 5. The van der Waals surface area contributed by atoms with Crippen molar-refractivity contribution in [3.8, 4) is 5.69 Å². The van der Waals surface area contributed by atoms with Crippen LogP contribution in [0.5, 0.6) is 0 Å². The van der Waals surface area contributed by atoms with E-state index in [1.807, 2.05) is 36.0 Å². The fraction of sp³-hybridized carbons (Fsp3) is 0.294. The number of para-hydroxylation sites is 1. The first-order valence-electron chi connectivity index (χ1n) is 7.96. The van der Waals surface area contributed by atoms with Gasteiger partial charge in [-0.2, -0.15) is 5.10 Å². The fourth-order valence-electron chi connectivity index (χ4n) is 2.92. The summed E-state index contributed by atoms with van der Waals surface area (Å²) in [5.41, 5.74) is 1.28. The molecule has 2 aromatic heterocycles. The van der Waals surface area contributed by atoms with Crippen molar-refractivity contribution in [2.24, 2.45) is 13.0 Å². The summed E-state index contributed by atoms with van der Waals surface area (Å²) in [4.78, 5) is 21.3. The molecule has 0 saturated heterocycles. The lowest BCUT2D eigenvalue weighted by Crippen LogP contribution is -2.32. The number of imidazole rings is 1. The average Bonchev–Trinajstić information content (AvgIpc) is 3.12. The summed E-state index contributed by atoms with van der Waals surface area (Å²) < 4.78 is 3.56. The van der Waals surface area contributed by atoms with Gasteiger partial charge in [-0.05, 0) is 30.9 Å². The number of aryl methyl sites for hydroxylation is 1. The van der Waals surface area contributed by atoms with Gasteiger partial charge in [-0.1, -0.05) is 12.1 Å². The summed E-state index contributed by atoms with van der Waals surface area (Å²) in [6.45, 7) is 0. The Morgan fingerprint density at radius 1 is 1.33 bits per heavy atom. The van der Waals surface area contributed by atoms with Gasteiger partial charge in [0.25, 0.3) is 5.91 Å². The smallest absolute Gasteiger partial charge is 0.254 e. The van der Waals surface area contributed by atoms with Gasteiger partial charge in [-0.3, -0.25) is 4.79 Å². The number of nitrogens with one attached hydrogen (secondary N) is 1. The minimum absolute atomic E-state index is 0.0682. The second-order valence-electron chi connectivity index (χ2n) is 6.04. The lowest BCUT2D eigenvalue weighted by atomic mass is 10.1. The lowest BCUT2D eigenvalue weighted by Gasteiger charge is -2.19. The molecular weight excluding hydrogens is 304 g/mol. The molecule has 1 atom stereocenters. The molecule has 24 heavy (non-hydrogen) atoms. The molecule has 0 aliphatic heterocycles. The maximum atomic E-state index is 12.9. The second-order valence-corrected chi connectivity index (χ2v) is 6.04. The Balaban J connectivity index is 1.64. The molecular formula is C17H18N6O. The number of hydrogen-bond donors (Lipinski definition) is 1. The largest absolute Gasteiger partial charge is 0.342 e. The number of nitrogens with zero attached hydrogens (tertiary/aromatic N) is 5. The number of carbonyl (C=O) groups excluding carboxylic acids is 1. The summed E-state index contributed by atoms with van der Waals surface area (Å²) >= 11 is 0. The lowest BCUT2D eigenvalue weighted by molar-refractivity contribution is 0.0929. The van der Waals surface area contributed by atoms with Crippen molar-refractivity contribution < 1.29 is 4.79 Å². The van der Waals surface area contributed by atoms with Crippen molar-refractivity contribution in [1.82, 2.24) is 29.6 Å². The van der Waals surface area contributed by atoms with Crippen molar-refractivity contribution >= 4 is 5.91 Å². The summed E-state index contributed by atoms with van der Waals surface area (Å²) in [6.07, 6.45) is 8.93. The van der Waals surface area contributed by atoms with E-state index in [-0.39, 0.29) is 11.9 Å². The van der Waals surface area contributed by atoms with E-state index in [0.717, 1.165) is 18.7 Å². The fourth-order valence-corrected chi connectivity index (χ4v) is 2.92. The van der Waals surface area contributed by atoms with Gasteiger partial charge < -0.3 is 9.88 Å². The van der Waals surface area contributed by atoms with Crippen LogP contribution < -0.4 is 5.32 Å². The molecule has 1 amide bonds. The highest BCUT2D eigenvalue weighted by molar-refractivity contribution is 5.98. The van der Waals surface area contributed by atoms with Crippen molar-refractivity contribution in [3.63, 3.8) is 0 Å². The predicted octanol–water partition coefficient (Wildman–Crippen LogP) is 1.88. The van der Waals surface area contributed by atoms with Gasteiger partial charge in [0.15, 0.2) is 0 Å². The molecule has 0 spiro atoms. The van der Waals surface area contributed by atoms with Gasteiger partial charge in [0, 0.05) is 19.4 Å². The second kappa shape index (κ2) is 5.92. The van der Waals surface area contributed by atoms with Crippen LogP contribution in [0.3, 0.4) is 0 Å². The van der Waals surface area contributed by atoms with E-state index >= 15 is 0 Å². The third-order valence-electron chi connectivity index (χ3n) is 4.33. The van der Waals surface area contributed by atoms with Crippen molar-refractivity contribution in [2.75, 3.05) is 0 Å². The molecule has 1 unspecified atom stereocenters. The molecule has 1 N–H and O–H groups in total. The third-order valence-corrected chi connectivity index (χ3v) is 4.33. The van der Waals surface area contributed by atoms with Crippen LogP contribution in [0, 0.1) is 5.92 Å². The highest BCUT2D eigenvalue weighted by atomic mass is 16.1. The van der Waals surface area contributed by atoms with Gasteiger partial charge in [0.2, 0.25) is 0 Å². The van der Waals surface area contributed by atoms with E-state index in [2.05, 4.69) is 20.4 Å². The Morgan fingerprint density at radius 2 is 2.17 bits per heavy atom. The molecule has 7 heteroatoms. The zero-order valence-electron chi connectivity index (χ0n) is 13.3. The molecule has 0 radical (unpaired) electrons. The molecule has 1 fully saturated rings. The molecule has 1 aliphatic carbocycles. The van der Waals surface area contributed by atoms with Crippen LogP contribution in [0.2, 0.25) is 0 Å². The van der Waals surface area contributed by atoms with Gasteiger partial charge in [0.05, 0.1) is 17.3 Å². The van der Waals surface area contributed by atoms with Crippen molar-refractivity contribution in [3.05, 3.63) is 60.7 Å². The van der Waals surface area contributed by atoms with Gasteiger partial charge in [0.1, 0.15) is 18.5 Å². The first kappa shape index (κ1) is 14.6. The molecule has 3 aromatic rings. The number of amides is 1. The van der Waals surface area contributed by atoms with Crippen LogP contribution in [0.4, 0.5) is 0 Å².